The van der Waals surface area contributed by atoms with Crippen LogP contribution in [0.5, 0.6) is 0 Å². The van der Waals surface area contributed by atoms with Crippen molar-refractivity contribution in [2.45, 2.75) is 24.7 Å². The van der Waals surface area contributed by atoms with Crippen LogP contribution in [-0.2, 0) is 19.1 Å². The average molecular weight is 219 g/mol. The second-order valence-electron chi connectivity index (χ2n) is 2.87. The summed E-state index contributed by atoms with van der Waals surface area (Å²) in [6.07, 6.45) is 0. The Morgan fingerprint density at radius 3 is 2.71 bits per heavy atom. The van der Waals surface area contributed by atoms with Crippen molar-refractivity contribution in [3.05, 3.63) is 0 Å². The van der Waals surface area contributed by atoms with Crippen molar-refractivity contribution in [1.82, 2.24) is 5.32 Å². The van der Waals surface area contributed by atoms with Crippen molar-refractivity contribution in [2.75, 3.05) is 13.2 Å². The van der Waals surface area contributed by atoms with Crippen LogP contribution in [0, 0.1) is 0 Å². The standard InChI is InChI=1S/C8H13NO4S/c1-5(10)12-4-7-9-3-8(14-7)13-6(2)11/h7-9H,3-4H2,1-2H3. The van der Waals surface area contributed by atoms with Crippen LogP contribution < -0.4 is 5.32 Å². The molecule has 1 rings (SSSR count). The first-order valence-corrected chi connectivity index (χ1v) is 5.21. The van der Waals surface area contributed by atoms with Crippen LogP contribution in [0.3, 0.4) is 0 Å². The molecule has 0 saturated carbocycles. The summed E-state index contributed by atoms with van der Waals surface area (Å²) < 4.78 is 9.79. The Morgan fingerprint density at radius 1 is 1.43 bits per heavy atom. The first kappa shape index (κ1) is 11.3. The molecule has 0 radical (unpaired) electrons. The highest BCUT2D eigenvalue weighted by atomic mass is 32.2. The van der Waals surface area contributed by atoms with Crippen LogP contribution in [0.2, 0.25) is 0 Å². The van der Waals surface area contributed by atoms with E-state index in [0.29, 0.717) is 13.2 Å². The number of nitrogens with one attached hydrogen (secondary N) is 1. The third kappa shape index (κ3) is 3.97. The van der Waals surface area contributed by atoms with Crippen molar-refractivity contribution in [3.8, 4) is 0 Å². The van der Waals surface area contributed by atoms with Gasteiger partial charge in [-0.05, 0) is 0 Å². The predicted molar refractivity (Wildman–Crippen MR) is 51.6 cm³/mol. The summed E-state index contributed by atoms with van der Waals surface area (Å²) in [5, 5.41) is 3.09. The number of carbonyl (C=O) groups is 2. The number of hydrogen-bond donors (Lipinski definition) is 1. The van der Waals surface area contributed by atoms with Gasteiger partial charge in [0.1, 0.15) is 6.61 Å². The van der Waals surface area contributed by atoms with Crippen molar-refractivity contribution < 1.29 is 19.1 Å². The Morgan fingerprint density at radius 2 is 2.14 bits per heavy atom. The molecule has 14 heavy (non-hydrogen) atoms. The van der Waals surface area contributed by atoms with E-state index in [1.54, 1.807) is 0 Å². The summed E-state index contributed by atoms with van der Waals surface area (Å²) in [5.41, 5.74) is -0.173. The van der Waals surface area contributed by atoms with E-state index in [2.05, 4.69) is 5.32 Å². The predicted octanol–water partition coefficient (Wildman–Crippen LogP) is 0.101. The Balaban J connectivity index is 2.20. The molecule has 1 heterocycles. The van der Waals surface area contributed by atoms with E-state index in [4.69, 9.17) is 9.47 Å². The number of hydrogen-bond acceptors (Lipinski definition) is 6. The van der Waals surface area contributed by atoms with Gasteiger partial charge >= 0.3 is 11.9 Å². The molecule has 2 atom stereocenters. The molecule has 2 unspecified atom stereocenters. The molecule has 1 aliphatic rings. The Kier molecular flexibility index (Phi) is 4.21. The molecule has 6 heteroatoms. The number of thioether (sulfide) groups is 1. The van der Waals surface area contributed by atoms with E-state index < -0.39 is 0 Å². The van der Waals surface area contributed by atoms with Gasteiger partial charge in [-0.25, -0.2) is 0 Å². The van der Waals surface area contributed by atoms with Gasteiger partial charge in [0.2, 0.25) is 0 Å². The number of esters is 2. The summed E-state index contributed by atoms with van der Waals surface area (Å²) in [6.45, 7) is 3.64. The Labute approximate surface area is 86.5 Å². The van der Waals surface area contributed by atoms with E-state index in [1.807, 2.05) is 0 Å². The van der Waals surface area contributed by atoms with Crippen LogP contribution in [0.4, 0.5) is 0 Å². The molecule has 1 saturated heterocycles. The molecule has 1 aliphatic heterocycles. The van der Waals surface area contributed by atoms with Gasteiger partial charge in [-0.1, -0.05) is 11.8 Å². The lowest BCUT2D eigenvalue weighted by molar-refractivity contribution is -0.142. The second kappa shape index (κ2) is 5.21. The fourth-order valence-corrected chi connectivity index (χ4v) is 2.14. The molecule has 1 fully saturated rings. The van der Waals surface area contributed by atoms with E-state index in [0.717, 1.165) is 0 Å². The van der Waals surface area contributed by atoms with Gasteiger partial charge in [-0.15, -0.1) is 0 Å². The molecule has 0 aromatic heterocycles. The smallest absolute Gasteiger partial charge is 0.303 e. The largest absolute Gasteiger partial charge is 0.463 e. The Hall–Kier alpha value is -0.750. The Bertz CT molecular complexity index is 233. The zero-order chi connectivity index (χ0) is 10.6. The molecule has 0 aromatic rings. The third-order valence-corrected chi connectivity index (χ3v) is 2.76. The van der Waals surface area contributed by atoms with Gasteiger partial charge in [0.25, 0.3) is 0 Å². The zero-order valence-corrected chi connectivity index (χ0v) is 8.93. The van der Waals surface area contributed by atoms with E-state index in [9.17, 15) is 9.59 Å². The maximum atomic E-state index is 10.6. The fourth-order valence-electron chi connectivity index (χ4n) is 1.05. The fraction of sp³-hybridized carbons (Fsp3) is 0.750. The molecule has 5 nitrogen and oxygen atoms in total. The first-order chi connectivity index (χ1) is 6.58. The van der Waals surface area contributed by atoms with Gasteiger partial charge in [0.05, 0.1) is 5.37 Å². The molecular formula is C8H13NO4S. The van der Waals surface area contributed by atoms with Crippen LogP contribution in [0.15, 0.2) is 0 Å². The number of ether oxygens (including phenoxy) is 2. The minimum atomic E-state index is -0.302. The number of rotatable bonds is 3. The second-order valence-corrected chi connectivity index (χ2v) is 4.24. The highest BCUT2D eigenvalue weighted by molar-refractivity contribution is 8.00. The molecule has 0 spiro atoms. The average Bonchev–Trinajstić information content (AvgIpc) is 2.47. The van der Waals surface area contributed by atoms with Crippen molar-refractivity contribution >= 4 is 23.7 Å². The third-order valence-electron chi connectivity index (χ3n) is 1.56. The van der Waals surface area contributed by atoms with Crippen molar-refractivity contribution in [2.24, 2.45) is 0 Å². The van der Waals surface area contributed by atoms with Gasteiger partial charge in [0, 0.05) is 20.4 Å². The normalized spacial score (nSPS) is 25.9. The maximum Gasteiger partial charge on any atom is 0.303 e. The topological polar surface area (TPSA) is 64.6 Å². The lowest BCUT2D eigenvalue weighted by atomic mass is 10.6. The summed E-state index contributed by atoms with van der Waals surface area (Å²) >= 11 is 1.45. The number of carbonyl (C=O) groups excluding carboxylic acids is 2. The van der Waals surface area contributed by atoms with E-state index >= 15 is 0 Å². The van der Waals surface area contributed by atoms with E-state index in [-0.39, 0.29) is 22.7 Å². The summed E-state index contributed by atoms with van der Waals surface area (Å²) in [5.74, 6) is -0.597. The van der Waals surface area contributed by atoms with E-state index in [1.165, 1.54) is 25.6 Å². The van der Waals surface area contributed by atoms with Crippen LogP contribution in [0.1, 0.15) is 13.8 Å². The van der Waals surface area contributed by atoms with Crippen molar-refractivity contribution in [1.29, 1.82) is 0 Å². The molecular weight excluding hydrogens is 206 g/mol. The van der Waals surface area contributed by atoms with Gasteiger partial charge in [0.15, 0.2) is 5.44 Å². The summed E-state index contributed by atoms with van der Waals surface area (Å²) in [7, 11) is 0. The van der Waals surface area contributed by atoms with Gasteiger partial charge < -0.3 is 9.47 Å². The van der Waals surface area contributed by atoms with Crippen molar-refractivity contribution in [3.63, 3.8) is 0 Å². The molecule has 0 aromatic carbocycles. The maximum absolute atomic E-state index is 10.6. The lowest BCUT2D eigenvalue weighted by Gasteiger charge is -2.10. The van der Waals surface area contributed by atoms with Gasteiger partial charge in [-0.2, -0.15) is 0 Å². The molecule has 0 amide bonds. The zero-order valence-electron chi connectivity index (χ0n) is 8.11. The van der Waals surface area contributed by atoms with Crippen LogP contribution in [0.25, 0.3) is 0 Å². The monoisotopic (exact) mass is 219 g/mol. The quantitative estimate of drug-likeness (QED) is 0.679. The molecule has 0 aliphatic carbocycles. The van der Waals surface area contributed by atoms with Crippen LogP contribution >= 0.6 is 11.8 Å². The minimum Gasteiger partial charge on any atom is -0.463 e. The summed E-state index contributed by atoms with van der Waals surface area (Å²) in [6, 6.07) is 0. The highest BCUT2D eigenvalue weighted by Gasteiger charge is 2.27. The molecule has 1 N–H and O–H groups in total. The lowest BCUT2D eigenvalue weighted by Crippen LogP contribution is -2.26. The highest BCUT2D eigenvalue weighted by Crippen LogP contribution is 2.23. The SMILES string of the molecule is CC(=O)OCC1NCC(OC(C)=O)S1. The van der Waals surface area contributed by atoms with Crippen LogP contribution in [-0.4, -0.2) is 35.9 Å². The molecule has 80 valence electrons. The van der Waals surface area contributed by atoms with Gasteiger partial charge in [-0.3, -0.25) is 14.9 Å². The minimum absolute atomic E-state index is 0.0169. The summed E-state index contributed by atoms with van der Waals surface area (Å²) in [4.78, 5) is 21.1. The first-order valence-electron chi connectivity index (χ1n) is 4.27. The molecule has 0 bridgehead atoms.